The molecule has 2 unspecified atom stereocenters. The van der Waals surface area contributed by atoms with E-state index in [0.717, 1.165) is 17.1 Å². The zero-order chi connectivity index (χ0) is 20.4. The molecule has 0 aliphatic heterocycles. The summed E-state index contributed by atoms with van der Waals surface area (Å²) < 4.78 is 35.5. The number of anilines is 1. The van der Waals surface area contributed by atoms with Crippen molar-refractivity contribution in [2.75, 3.05) is 24.5 Å². The van der Waals surface area contributed by atoms with Gasteiger partial charge in [-0.1, -0.05) is 24.3 Å². The third-order valence-corrected chi connectivity index (χ3v) is 4.47. The van der Waals surface area contributed by atoms with Gasteiger partial charge in [-0.05, 0) is 44.0 Å². The van der Waals surface area contributed by atoms with Crippen LogP contribution in [0.2, 0.25) is 0 Å². The highest BCUT2D eigenvalue weighted by Gasteiger charge is 2.08. The lowest BCUT2D eigenvalue weighted by Gasteiger charge is -2.17. The average molecular weight is 408 g/mol. The van der Waals surface area contributed by atoms with Crippen molar-refractivity contribution in [2.24, 2.45) is 0 Å². The number of hydrogen-bond acceptors (Lipinski definition) is 6. The minimum Gasteiger partial charge on any atom is -0.755 e. The van der Waals surface area contributed by atoms with E-state index in [0.29, 0.717) is 37.4 Å². The Bertz CT molecular complexity index is 772. The summed E-state index contributed by atoms with van der Waals surface area (Å²) in [6, 6.07) is 13.1. The predicted molar refractivity (Wildman–Crippen MR) is 109 cm³/mol. The quantitative estimate of drug-likeness (QED) is 0.369. The maximum atomic E-state index is 10.9. The summed E-state index contributed by atoms with van der Waals surface area (Å²) in [6.07, 6.45) is 0.710. The third-order valence-electron chi connectivity index (χ3n) is 4.08. The van der Waals surface area contributed by atoms with Crippen LogP contribution < -0.4 is 19.5 Å². The van der Waals surface area contributed by atoms with Crippen LogP contribution >= 0.6 is 0 Å². The number of rotatable bonds is 12. The molecule has 0 aliphatic rings. The van der Waals surface area contributed by atoms with Crippen LogP contribution in [0.3, 0.4) is 0 Å². The fourth-order valence-electron chi connectivity index (χ4n) is 2.81. The minimum absolute atomic E-state index is 0.163. The first-order valence-corrected chi connectivity index (χ1v) is 10.3. The molecule has 0 heterocycles. The van der Waals surface area contributed by atoms with Crippen molar-refractivity contribution in [1.82, 2.24) is 5.32 Å². The lowest BCUT2D eigenvalue weighted by atomic mass is 10.0. The van der Waals surface area contributed by atoms with Crippen LogP contribution in [0, 0.1) is 0 Å². The van der Waals surface area contributed by atoms with Gasteiger partial charge in [0.2, 0.25) is 0 Å². The number of hydrogen-bond donors (Lipinski definition) is 3. The van der Waals surface area contributed by atoms with Crippen molar-refractivity contribution in [2.45, 2.75) is 32.9 Å². The highest BCUT2D eigenvalue weighted by Crippen LogP contribution is 2.26. The Morgan fingerprint density at radius 3 is 2.54 bits per heavy atom. The Morgan fingerprint density at radius 2 is 1.89 bits per heavy atom. The summed E-state index contributed by atoms with van der Waals surface area (Å²) in [7, 11) is 0. The number of para-hydroxylation sites is 2. The molecular weight excluding hydrogens is 380 g/mol. The second-order valence-corrected chi connectivity index (χ2v) is 6.95. The van der Waals surface area contributed by atoms with E-state index in [2.05, 4.69) is 10.0 Å². The molecular formula is C20H27N2O5S-. The van der Waals surface area contributed by atoms with Crippen LogP contribution in [0.25, 0.3) is 0 Å². The minimum atomic E-state index is -2.43. The molecule has 0 fully saturated rings. The highest BCUT2D eigenvalue weighted by atomic mass is 32.2. The van der Waals surface area contributed by atoms with Crippen LogP contribution in [0.1, 0.15) is 25.0 Å². The largest absolute Gasteiger partial charge is 0.755 e. The highest BCUT2D eigenvalue weighted by molar-refractivity contribution is 7.80. The van der Waals surface area contributed by atoms with Gasteiger partial charge in [-0.15, -0.1) is 0 Å². The molecule has 3 N–H and O–H groups in total. The molecule has 0 aromatic heterocycles. The van der Waals surface area contributed by atoms with Gasteiger partial charge in [-0.25, -0.2) is 0 Å². The molecule has 2 aromatic rings. The van der Waals surface area contributed by atoms with Gasteiger partial charge in [0.1, 0.15) is 6.61 Å². The van der Waals surface area contributed by atoms with Gasteiger partial charge in [0.25, 0.3) is 0 Å². The lowest BCUT2D eigenvalue weighted by molar-refractivity contribution is 0.272. The van der Waals surface area contributed by atoms with E-state index >= 15 is 0 Å². The lowest BCUT2D eigenvalue weighted by Crippen LogP contribution is -2.31. The van der Waals surface area contributed by atoms with E-state index in [9.17, 15) is 13.9 Å². The Balaban J connectivity index is 1.83. The van der Waals surface area contributed by atoms with E-state index in [4.69, 9.17) is 9.47 Å². The number of nitrogens with one attached hydrogen (secondary N) is 2. The number of ether oxygens (including phenoxy) is 2. The molecule has 0 aliphatic carbocycles. The normalized spacial score (nSPS) is 13.0. The van der Waals surface area contributed by atoms with Crippen LogP contribution in [0.5, 0.6) is 11.5 Å². The molecule has 2 rings (SSSR count). The molecule has 8 heteroatoms. The summed E-state index contributed by atoms with van der Waals surface area (Å²) in [5.41, 5.74) is 1.90. The predicted octanol–water partition coefficient (Wildman–Crippen LogP) is 2.38. The Hall–Kier alpha value is -2.13. The van der Waals surface area contributed by atoms with Crippen LogP contribution in [0.4, 0.5) is 5.69 Å². The van der Waals surface area contributed by atoms with Gasteiger partial charge in [-0.2, -0.15) is 0 Å². The maximum absolute atomic E-state index is 10.9. The summed E-state index contributed by atoms with van der Waals surface area (Å²) in [4.78, 5) is 0. The Kier molecular flexibility index (Phi) is 9.22. The van der Waals surface area contributed by atoms with Gasteiger partial charge in [0, 0.05) is 29.4 Å². The zero-order valence-corrected chi connectivity index (χ0v) is 17.0. The van der Waals surface area contributed by atoms with Crippen molar-refractivity contribution in [3.05, 3.63) is 53.6 Å². The summed E-state index contributed by atoms with van der Waals surface area (Å²) in [5.74, 6) is 1.46. The Labute approximate surface area is 168 Å². The summed E-state index contributed by atoms with van der Waals surface area (Å²) >= 11 is -2.43. The molecule has 0 spiro atoms. The van der Waals surface area contributed by atoms with Gasteiger partial charge >= 0.3 is 0 Å². The first-order valence-electron chi connectivity index (χ1n) is 9.20. The van der Waals surface area contributed by atoms with Gasteiger partial charge < -0.3 is 29.2 Å². The fourth-order valence-corrected chi connectivity index (χ4v) is 3.18. The molecule has 28 heavy (non-hydrogen) atoms. The summed E-state index contributed by atoms with van der Waals surface area (Å²) in [6.45, 7) is 5.50. The monoisotopic (exact) mass is 407 g/mol. The Morgan fingerprint density at radius 1 is 1.18 bits per heavy atom. The SMILES string of the molecule is CCOc1ccccc1OCCNC(C)Cc1ccc(CO)c(NS(=O)[O-])c1. The van der Waals surface area contributed by atoms with E-state index in [-0.39, 0.29) is 12.6 Å². The van der Waals surface area contributed by atoms with Gasteiger partial charge in [0.05, 0.1) is 18.9 Å². The van der Waals surface area contributed by atoms with E-state index in [1.807, 2.05) is 44.2 Å². The second-order valence-electron chi connectivity index (χ2n) is 6.27. The first-order chi connectivity index (χ1) is 13.5. The topological polar surface area (TPSA) is 103 Å². The van der Waals surface area contributed by atoms with Crippen molar-refractivity contribution in [3.63, 3.8) is 0 Å². The van der Waals surface area contributed by atoms with Crippen molar-refractivity contribution in [3.8, 4) is 11.5 Å². The molecule has 154 valence electrons. The van der Waals surface area contributed by atoms with Gasteiger partial charge in [0.15, 0.2) is 11.5 Å². The molecule has 0 saturated carbocycles. The second kappa shape index (κ2) is 11.7. The molecule has 7 nitrogen and oxygen atoms in total. The van der Waals surface area contributed by atoms with Crippen molar-refractivity contribution in [1.29, 1.82) is 0 Å². The molecule has 2 aromatic carbocycles. The molecule has 0 saturated heterocycles. The molecule has 2 atom stereocenters. The van der Waals surface area contributed by atoms with Crippen molar-refractivity contribution < 1.29 is 23.3 Å². The molecule has 0 amide bonds. The third kappa shape index (κ3) is 7.12. The number of aliphatic hydroxyl groups is 1. The van der Waals surface area contributed by atoms with Crippen molar-refractivity contribution >= 4 is 17.0 Å². The smallest absolute Gasteiger partial charge is 0.161 e. The van der Waals surface area contributed by atoms with Crippen LogP contribution in [-0.4, -0.2) is 39.7 Å². The van der Waals surface area contributed by atoms with E-state index < -0.39 is 11.3 Å². The average Bonchev–Trinajstić information content (AvgIpc) is 2.66. The standard InChI is InChI=1S/C20H28N2O5S/c1-3-26-19-6-4-5-7-20(19)27-11-10-21-15(2)12-16-8-9-17(14-23)18(13-16)22-28(24)25/h4-9,13,15,21-23H,3,10-12,14H2,1-2H3,(H,24,25)/p-1. The number of aliphatic hydroxyl groups excluding tert-OH is 1. The summed E-state index contributed by atoms with van der Waals surface area (Å²) in [5, 5.41) is 12.7. The zero-order valence-electron chi connectivity index (χ0n) is 16.1. The van der Waals surface area contributed by atoms with Crippen LogP contribution in [-0.2, 0) is 24.3 Å². The first kappa shape index (κ1) is 22.2. The van der Waals surface area contributed by atoms with Gasteiger partial charge in [-0.3, -0.25) is 4.21 Å². The fraction of sp³-hybridized carbons (Fsp3) is 0.400. The molecule has 0 bridgehead atoms. The maximum Gasteiger partial charge on any atom is 0.161 e. The molecule has 0 radical (unpaired) electrons. The van der Waals surface area contributed by atoms with E-state index in [1.165, 1.54) is 0 Å². The number of benzene rings is 2. The van der Waals surface area contributed by atoms with E-state index in [1.54, 1.807) is 12.1 Å². The van der Waals surface area contributed by atoms with Crippen LogP contribution in [0.15, 0.2) is 42.5 Å².